The summed E-state index contributed by atoms with van der Waals surface area (Å²) >= 11 is 6.27. The van der Waals surface area contributed by atoms with Crippen LogP contribution in [-0.4, -0.2) is 22.4 Å². The Hall–Kier alpha value is -2.50. The first-order chi connectivity index (χ1) is 12.2. The first-order valence-electron chi connectivity index (χ1n) is 8.21. The first-order valence-corrected chi connectivity index (χ1v) is 8.59. The Morgan fingerprint density at radius 1 is 1.28 bits per heavy atom. The van der Waals surface area contributed by atoms with Crippen LogP contribution in [0.3, 0.4) is 0 Å². The third-order valence-corrected chi connectivity index (χ3v) is 4.70. The van der Waals surface area contributed by atoms with E-state index in [-0.39, 0.29) is 5.91 Å². The number of nitrogens with zero attached hydrogens (tertiary/aromatic N) is 2. The summed E-state index contributed by atoms with van der Waals surface area (Å²) in [5.41, 5.74) is 4.52. The minimum absolute atomic E-state index is 0.209. The summed E-state index contributed by atoms with van der Waals surface area (Å²) in [6.45, 7) is 2.20. The number of fused-ring (bicyclic) bond motifs is 2. The lowest BCUT2D eigenvalue weighted by molar-refractivity contribution is 0.0952. The smallest absolute Gasteiger partial charge is 0.253 e. The molecule has 0 aliphatic carbocycles. The monoisotopic (exact) mass is 352 g/mol. The number of carbonyl (C=O) groups is 1. The van der Waals surface area contributed by atoms with Crippen LogP contribution in [-0.2, 0) is 19.5 Å². The molecule has 1 aliphatic rings. The van der Waals surface area contributed by atoms with Crippen LogP contribution in [0.1, 0.15) is 27.2 Å². The van der Waals surface area contributed by atoms with Crippen LogP contribution < -0.4 is 10.6 Å². The molecule has 2 aromatic heterocycles. The summed E-state index contributed by atoms with van der Waals surface area (Å²) in [5.74, 6) is -0.209. The van der Waals surface area contributed by atoms with E-state index in [1.807, 2.05) is 18.3 Å². The van der Waals surface area contributed by atoms with Gasteiger partial charge in [-0.15, -0.1) is 0 Å². The Bertz CT molecular complexity index is 957. The summed E-state index contributed by atoms with van der Waals surface area (Å²) in [6.07, 6.45) is 4.47. The predicted molar refractivity (Wildman–Crippen MR) is 97.6 cm³/mol. The van der Waals surface area contributed by atoms with Gasteiger partial charge in [0, 0.05) is 49.5 Å². The summed E-state index contributed by atoms with van der Waals surface area (Å²) in [5, 5.41) is 7.45. The van der Waals surface area contributed by atoms with Crippen molar-refractivity contribution in [3.05, 3.63) is 70.1 Å². The molecular formula is C19H17ClN4O. The highest BCUT2D eigenvalue weighted by Crippen LogP contribution is 2.25. The molecule has 1 amide bonds. The van der Waals surface area contributed by atoms with Crippen LogP contribution in [0.25, 0.3) is 10.9 Å². The van der Waals surface area contributed by atoms with Gasteiger partial charge >= 0.3 is 0 Å². The number of benzene rings is 1. The van der Waals surface area contributed by atoms with Crippen LogP contribution >= 0.6 is 11.6 Å². The van der Waals surface area contributed by atoms with Crippen molar-refractivity contribution in [2.45, 2.75) is 19.5 Å². The van der Waals surface area contributed by atoms with Crippen LogP contribution in [0.15, 0.2) is 42.7 Å². The fourth-order valence-electron chi connectivity index (χ4n) is 3.12. The zero-order valence-corrected chi connectivity index (χ0v) is 14.3. The fourth-order valence-corrected chi connectivity index (χ4v) is 3.37. The molecular weight excluding hydrogens is 336 g/mol. The first kappa shape index (κ1) is 16.0. The van der Waals surface area contributed by atoms with Crippen LogP contribution in [0.4, 0.5) is 0 Å². The molecule has 4 rings (SSSR count). The van der Waals surface area contributed by atoms with Crippen molar-refractivity contribution >= 4 is 28.4 Å². The predicted octanol–water partition coefficient (Wildman–Crippen LogP) is 2.86. The summed E-state index contributed by atoms with van der Waals surface area (Å²) in [6, 6.07) is 9.28. The van der Waals surface area contributed by atoms with Gasteiger partial charge in [0.25, 0.3) is 5.91 Å². The van der Waals surface area contributed by atoms with Crippen molar-refractivity contribution in [3.8, 4) is 0 Å². The maximum absolute atomic E-state index is 12.7. The van der Waals surface area contributed by atoms with Gasteiger partial charge in [-0.3, -0.25) is 14.8 Å². The van der Waals surface area contributed by atoms with E-state index < -0.39 is 0 Å². The number of hydrogen-bond acceptors (Lipinski definition) is 4. The molecule has 0 bridgehead atoms. The maximum Gasteiger partial charge on any atom is 0.253 e. The van der Waals surface area contributed by atoms with Gasteiger partial charge in [-0.05, 0) is 35.4 Å². The molecule has 2 N–H and O–H groups in total. The molecule has 1 aliphatic heterocycles. The van der Waals surface area contributed by atoms with E-state index in [1.165, 1.54) is 5.56 Å². The number of nitrogens with one attached hydrogen (secondary N) is 2. The Labute approximate surface area is 150 Å². The minimum atomic E-state index is -0.209. The standard InChI is InChI=1S/C19H17ClN4O/c20-15-3-4-17-14(2-1-6-22-17)18(15)19(25)24-10-12-8-13-11-21-7-5-16(13)23-9-12/h1-4,6,8-9,21H,5,7,10-11H2,(H,24,25). The van der Waals surface area contributed by atoms with Crippen LogP contribution in [0.2, 0.25) is 5.02 Å². The number of rotatable bonds is 3. The molecule has 25 heavy (non-hydrogen) atoms. The lowest BCUT2D eigenvalue weighted by Crippen LogP contribution is -2.26. The Balaban J connectivity index is 1.56. The average molecular weight is 353 g/mol. The molecule has 0 saturated heterocycles. The SMILES string of the molecule is O=C(NCc1cnc2c(c1)CNCC2)c1c(Cl)ccc2ncccc12. The molecule has 3 heterocycles. The Kier molecular flexibility index (Phi) is 4.34. The van der Waals surface area contributed by atoms with Crippen molar-refractivity contribution in [1.29, 1.82) is 0 Å². The third kappa shape index (κ3) is 3.21. The van der Waals surface area contributed by atoms with Gasteiger partial charge in [0.05, 0.1) is 16.1 Å². The quantitative estimate of drug-likeness (QED) is 0.760. The van der Waals surface area contributed by atoms with E-state index in [9.17, 15) is 4.79 Å². The van der Waals surface area contributed by atoms with E-state index in [0.717, 1.165) is 41.7 Å². The second-order valence-corrected chi connectivity index (χ2v) is 6.46. The Morgan fingerprint density at radius 3 is 3.12 bits per heavy atom. The molecule has 0 fully saturated rings. The summed E-state index contributed by atoms with van der Waals surface area (Å²) < 4.78 is 0. The number of amides is 1. The second-order valence-electron chi connectivity index (χ2n) is 6.05. The molecule has 0 atom stereocenters. The van der Waals surface area contributed by atoms with E-state index in [2.05, 4.69) is 26.7 Å². The highest BCUT2D eigenvalue weighted by Gasteiger charge is 2.15. The molecule has 5 nitrogen and oxygen atoms in total. The zero-order chi connectivity index (χ0) is 17.2. The molecule has 1 aromatic carbocycles. The lowest BCUT2D eigenvalue weighted by atomic mass is 10.0. The zero-order valence-electron chi connectivity index (χ0n) is 13.6. The van der Waals surface area contributed by atoms with Gasteiger partial charge in [-0.1, -0.05) is 17.7 Å². The minimum Gasteiger partial charge on any atom is -0.348 e. The normalized spacial score (nSPS) is 13.5. The number of aromatic nitrogens is 2. The Morgan fingerprint density at radius 2 is 2.20 bits per heavy atom. The van der Waals surface area contributed by atoms with Gasteiger partial charge in [0.1, 0.15) is 0 Å². The van der Waals surface area contributed by atoms with E-state index in [4.69, 9.17) is 11.6 Å². The highest BCUT2D eigenvalue weighted by atomic mass is 35.5. The summed E-state index contributed by atoms with van der Waals surface area (Å²) in [7, 11) is 0. The van der Waals surface area contributed by atoms with Gasteiger partial charge in [-0.2, -0.15) is 0 Å². The molecule has 126 valence electrons. The topological polar surface area (TPSA) is 66.9 Å². The number of pyridine rings is 2. The highest BCUT2D eigenvalue weighted by molar-refractivity contribution is 6.35. The van der Waals surface area contributed by atoms with Crippen molar-refractivity contribution in [2.24, 2.45) is 0 Å². The molecule has 3 aromatic rings. The second kappa shape index (κ2) is 6.78. The lowest BCUT2D eigenvalue weighted by Gasteiger charge is -2.17. The molecule has 0 spiro atoms. The fraction of sp³-hybridized carbons (Fsp3) is 0.211. The maximum atomic E-state index is 12.7. The van der Waals surface area contributed by atoms with Crippen molar-refractivity contribution in [3.63, 3.8) is 0 Å². The van der Waals surface area contributed by atoms with E-state index in [1.54, 1.807) is 18.3 Å². The average Bonchev–Trinajstić information content (AvgIpc) is 2.66. The van der Waals surface area contributed by atoms with E-state index >= 15 is 0 Å². The van der Waals surface area contributed by atoms with Gasteiger partial charge in [0.2, 0.25) is 0 Å². The van der Waals surface area contributed by atoms with Gasteiger partial charge in [0.15, 0.2) is 0 Å². The third-order valence-electron chi connectivity index (χ3n) is 4.38. The van der Waals surface area contributed by atoms with Crippen molar-refractivity contribution in [1.82, 2.24) is 20.6 Å². The largest absolute Gasteiger partial charge is 0.348 e. The molecule has 0 radical (unpaired) electrons. The van der Waals surface area contributed by atoms with Crippen molar-refractivity contribution < 1.29 is 4.79 Å². The van der Waals surface area contributed by atoms with Gasteiger partial charge in [-0.25, -0.2) is 0 Å². The number of halogens is 1. The van der Waals surface area contributed by atoms with E-state index in [0.29, 0.717) is 17.1 Å². The number of carbonyl (C=O) groups excluding carboxylic acids is 1. The molecule has 0 saturated carbocycles. The number of hydrogen-bond donors (Lipinski definition) is 2. The van der Waals surface area contributed by atoms with Crippen molar-refractivity contribution in [2.75, 3.05) is 6.54 Å². The van der Waals surface area contributed by atoms with Crippen LogP contribution in [0, 0.1) is 0 Å². The van der Waals surface area contributed by atoms with Gasteiger partial charge < -0.3 is 10.6 Å². The van der Waals surface area contributed by atoms with Crippen LogP contribution in [0.5, 0.6) is 0 Å². The summed E-state index contributed by atoms with van der Waals surface area (Å²) in [4.78, 5) is 21.5. The molecule has 6 heteroatoms. The molecule has 0 unspecified atom stereocenters.